The van der Waals surface area contributed by atoms with E-state index in [9.17, 15) is 0 Å². The van der Waals surface area contributed by atoms with Gasteiger partial charge in [-0.05, 0) is 32.9 Å². The number of benzene rings is 3. The van der Waals surface area contributed by atoms with Crippen LogP contribution in [0.1, 0.15) is 37.5 Å². The average Bonchev–Trinajstić information content (AvgIpc) is 3.18. The molecule has 3 aromatic carbocycles. The summed E-state index contributed by atoms with van der Waals surface area (Å²) in [5, 5.41) is 11.4. The van der Waals surface area contributed by atoms with Gasteiger partial charge in [-0.25, -0.2) is 0 Å². The Labute approximate surface area is 185 Å². The minimum absolute atomic E-state index is 0.196. The zero-order valence-corrected chi connectivity index (χ0v) is 19.3. The lowest BCUT2D eigenvalue weighted by atomic mass is 9.87. The van der Waals surface area contributed by atoms with E-state index >= 15 is 0 Å². The van der Waals surface area contributed by atoms with Crippen molar-refractivity contribution >= 4 is 45.6 Å². The van der Waals surface area contributed by atoms with E-state index < -0.39 is 0 Å². The number of nitrogens with zero attached hydrogens (tertiary/aromatic N) is 2. The highest BCUT2D eigenvalue weighted by molar-refractivity contribution is 8.02. The molecule has 148 valence electrons. The Morgan fingerprint density at radius 2 is 1.41 bits per heavy atom. The Morgan fingerprint density at radius 1 is 0.759 bits per heavy atom. The van der Waals surface area contributed by atoms with Crippen LogP contribution in [0.2, 0.25) is 0 Å². The summed E-state index contributed by atoms with van der Waals surface area (Å²) in [7, 11) is 0. The smallest absolute Gasteiger partial charge is 0.131 e. The summed E-state index contributed by atoms with van der Waals surface area (Å²) in [6.07, 6.45) is 0. The minimum Gasteiger partial charge on any atom is -0.131 e. The van der Waals surface area contributed by atoms with E-state index in [1.54, 1.807) is 34.9 Å². The fourth-order valence-electron chi connectivity index (χ4n) is 3.12. The van der Waals surface area contributed by atoms with Gasteiger partial charge in [0, 0.05) is 11.5 Å². The number of fused-ring (bicyclic) bond motifs is 1. The van der Waals surface area contributed by atoms with Gasteiger partial charge in [-0.1, -0.05) is 122 Å². The Bertz CT molecular complexity index is 1090. The Balaban J connectivity index is 1.35. The second-order valence-electron chi connectivity index (χ2n) is 8.00. The molecule has 4 aromatic rings. The second-order valence-corrected chi connectivity index (χ2v) is 11.4. The maximum atomic E-state index is 4.38. The predicted molar refractivity (Wildman–Crippen MR) is 128 cm³/mol. The lowest BCUT2D eigenvalue weighted by Gasteiger charge is -2.19. The predicted octanol–water partition coefficient (Wildman–Crippen LogP) is 7.57. The van der Waals surface area contributed by atoms with Crippen LogP contribution >= 0.6 is 34.9 Å². The second kappa shape index (κ2) is 8.90. The molecule has 0 amide bonds. The van der Waals surface area contributed by atoms with Crippen molar-refractivity contribution in [1.29, 1.82) is 0 Å². The molecule has 0 aliphatic rings. The summed E-state index contributed by atoms with van der Waals surface area (Å²) in [5.74, 6) is 1.84. The lowest BCUT2D eigenvalue weighted by Crippen LogP contribution is -2.10. The Kier molecular flexibility index (Phi) is 6.28. The van der Waals surface area contributed by atoms with Gasteiger partial charge in [-0.2, -0.15) is 0 Å². The molecule has 2 nitrogen and oxygen atoms in total. The van der Waals surface area contributed by atoms with Crippen LogP contribution in [0.3, 0.4) is 0 Å². The summed E-state index contributed by atoms with van der Waals surface area (Å²) in [6.45, 7) is 6.74. The van der Waals surface area contributed by atoms with Crippen molar-refractivity contribution in [3.63, 3.8) is 0 Å². The number of hydrogen-bond acceptors (Lipinski definition) is 5. The van der Waals surface area contributed by atoms with Gasteiger partial charge in [-0.3, -0.25) is 0 Å². The van der Waals surface area contributed by atoms with E-state index in [4.69, 9.17) is 0 Å². The molecule has 0 spiro atoms. The van der Waals surface area contributed by atoms with Gasteiger partial charge in [0.25, 0.3) is 0 Å². The highest BCUT2D eigenvalue weighted by Gasteiger charge is 2.13. The van der Waals surface area contributed by atoms with E-state index in [1.165, 1.54) is 27.5 Å². The standard InChI is InChI=1S/C24H24N2S3/c1-24(2,3)20-13-11-17(12-14-20)15-27-22-25-26-23(29-22)28-16-19-9-6-8-18-7-4-5-10-21(18)19/h4-14H,15-16H2,1-3H3. The minimum atomic E-state index is 0.196. The molecular weight excluding hydrogens is 412 g/mol. The third-order valence-electron chi connectivity index (χ3n) is 4.80. The molecule has 0 N–H and O–H groups in total. The molecule has 0 saturated heterocycles. The first-order valence-corrected chi connectivity index (χ1v) is 12.4. The Morgan fingerprint density at radius 3 is 2.14 bits per heavy atom. The molecule has 1 aromatic heterocycles. The van der Waals surface area contributed by atoms with Gasteiger partial charge in [0.05, 0.1) is 0 Å². The monoisotopic (exact) mass is 436 g/mol. The van der Waals surface area contributed by atoms with Gasteiger partial charge in [0.2, 0.25) is 0 Å². The van der Waals surface area contributed by atoms with Crippen molar-refractivity contribution in [1.82, 2.24) is 10.2 Å². The van der Waals surface area contributed by atoms with E-state index in [1.807, 2.05) is 0 Å². The van der Waals surface area contributed by atoms with Gasteiger partial charge in [0.15, 0.2) is 8.68 Å². The maximum absolute atomic E-state index is 4.38. The quantitative estimate of drug-likeness (QED) is 0.291. The van der Waals surface area contributed by atoms with Crippen molar-refractivity contribution in [2.24, 2.45) is 0 Å². The molecule has 0 aliphatic heterocycles. The molecule has 5 heteroatoms. The largest absolute Gasteiger partial charge is 0.175 e. The van der Waals surface area contributed by atoms with Crippen LogP contribution in [0.5, 0.6) is 0 Å². The van der Waals surface area contributed by atoms with E-state index in [0.717, 1.165) is 20.2 Å². The summed E-state index contributed by atoms with van der Waals surface area (Å²) < 4.78 is 2.06. The molecule has 0 unspecified atom stereocenters. The summed E-state index contributed by atoms with van der Waals surface area (Å²) >= 11 is 5.22. The number of thioether (sulfide) groups is 2. The Hall–Kier alpha value is -1.82. The highest BCUT2D eigenvalue weighted by Crippen LogP contribution is 2.33. The van der Waals surface area contributed by atoms with E-state index in [2.05, 4.69) is 97.7 Å². The van der Waals surface area contributed by atoms with Crippen molar-refractivity contribution in [2.45, 2.75) is 46.4 Å². The zero-order valence-electron chi connectivity index (χ0n) is 16.9. The number of hydrogen-bond donors (Lipinski definition) is 0. The fourth-order valence-corrected chi connectivity index (χ4v) is 6.10. The molecule has 0 radical (unpaired) electrons. The third-order valence-corrected chi connectivity index (χ3v) is 8.11. The molecule has 0 fully saturated rings. The van der Waals surface area contributed by atoms with Crippen molar-refractivity contribution in [3.8, 4) is 0 Å². The van der Waals surface area contributed by atoms with Crippen molar-refractivity contribution < 1.29 is 0 Å². The van der Waals surface area contributed by atoms with Crippen LogP contribution in [0.4, 0.5) is 0 Å². The average molecular weight is 437 g/mol. The number of aromatic nitrogens is 2. The van der Waals surface area contributed by atoms with Gasteiger partial charge < -0.3 is 0 Å². The molecule has 1 heterocycles. The first-order valence-electron chi connectivity index (χ1n) is 9.64. The SMILES string of the molecule is CC(C)(C)c1ccc(CSc2nnc(SCc3cccc4ccccc34)s2)cc1. The zero-order chi connectivity index (χ0) is 20.3. The van der Waals surface area contributed by atoms with Crippen LogP contribution in [0, 0.1) is 0 Å². The van der Waals surface area contributed by atoms with Crippen LogP contribution in [-0.2, 0) is 16.9 Å². The van der Waals surface area contributed by atoms with Crippen molar-refractivity contribution in [2.75, 3.05) is 0 Å². The van der Waals surface area contributed by atoms with Crippen LogP contribution in [0.25, 0.3) is 10.8 Å². The van der Waals surface area contributed by atoms with E-state index in [0.29, 0.717) is 0 Å². The van der Waals surface area contributed by atoms with Gasteiger partial charge >= 0.3 is 0 Å². The topological polar surface area (TPSA) is 25.8 Å². The lowest BCUT2D eigenvalue weighted by molar-refractivity contribution is 0.590. The molecule has 0 bridgehead atoms. The normalized spacial score (nSPS) is 11.8. The summed E-state index contributed by atoms with van der Waals surface area (Å²) in [6, 6.07) is 24.0. The first-order chi connectivity index (χ1) is 14.0. The number of rotatable bonds is 6. The molecule has 29 heavy (non-hydrogen) atoms. The van der Waals surface area contributed by atoms with E-state index in [-0.39, 0.29) is 5.41 Å². The van der Waals surface area contributed by atoms with Crippen LogP contribution < -0.4 is 0 Å². The maximum Gasteiger partial charge on any atom is 0.175 e. The van der Waals surface area contributed by atoms with Crippen LogP contribution in [0.15, 0.2) is 75.4 Å². The summed E-state index contributed by atoms with van der Waals surface area (Å²) in [5.41, 5.74) is 4.23. The highest BCUT2D eigenvalue weighted by atomic mass is 32.2. The van der Waals surface area contributed by atoms with Crippen LogP contribution in [-0.4, -0.2) is 10.2 Å². The molecular formula is C24H24N2S3. The summed E-state index contributed by atoms with van der Waals surface area (Å²) in [4.78, 5) is 0. The molecule has 0 saturated carbocycles. The molecule has 0 aliphatic carbocycles. The molecule has 4 rings (SSSR count). The third kappa shape index (κ3) is 5.21. The van der Waals surface area contributed by atoms with Crippen molar-refractivity contribution in [3.05, 3.63) is 83.4 Å². The molecule has 0 atom stereocenters. The van der Waals surface area contributed by atoms with Gasteiger partial charge in [-0.15, -0.1) is 10.2 Å². The van der Waals surface area contributed by atoms with Gasteiger partial charge in [0.1, 0.15) is 0 Å². The fraction of sp³-hybridized carbons (Fsp3) is 0.250. The first kappa shape index (κ1) is 20.5.